The number of para-hydroxylation sites is 1. The van der Waals surface area contributed by atoms with Gasteiger partial charge in [0.25, 0.3) is 0 Å². The van der Waals surface area contributed by atoms with Crippen molar-refractivity contribution in [3.05, 3.63) is 132 Å². The molecule has 0 aliphatic carbocycles. The van der Waals surface area contributed by atoms with E-state index in [1.807, 2.05) is 72.1 Å². The maximum atomic E-state index is 9.69. The largest absolute Gasteiger partial charge is 0.508 e. The van der Waals surface area contributed by atoms with Gasteiger partial charge in [-0.15, -0.1) is 11.3 Å². The maximum absolute atomic E-state index is 9.69. The zero-order valence-corrected chi connectivity index (χ0v) is 30.1. The standard InChI is InChI=1S/C14H14N2O2.C12H8O3.C12H8O2S.C4H4S/c1-8-5-10(18)6-12-14(8)16(2)13-7-9(17)3-4-11(13)15-12;2*13-7-4-5-8-9-2-1-3-10(14)12(9)15-11(8)6-7;1-2-4-5-3-1/h3-7,15,17-18H,1-2H3;2*1-6,13-14H;1-4H. The van der Waals surface area contributed by atoms with Gasteiger partial charge in [0.2, 0.25) is 0 Å². The van der Waals surface area contributed by atoms with Crippen LogP contribution in [0.1, 0.15) is 5.56 Å². The highest BCUT2D eigenvalue weighted by atomic mass is 32.1. The first kappa shape index (κ1) is 34.9. The van der Waals surface area contributed by atoms with Crippen molar-refractivity contribution in [2.75, 3.05) is 17.3 Å². The fourth-order valence-corrected chi connectivity index (χ4v) is 7.84. The van der Waals surface area contributed by atoms with Gasteiger partial charge in [0, 0.05) is 51.5 Å². The van der Waals surface area contributed by atoms with Crippen LogP contribution in [0.3, 0.4) is 0 Å². The first-order chi connectivity index (χ1) is 25.6. The molecule has 266 valence electrons. The summed E-state index contributed by atoms with van der Waals surface area (Å²) < 4.78 is 7.32. The molecular formula is C42H34N2O7S2. The molecule has 0 spiro atoms. The van der Waals surface area contributed by atoms with Crippen molar-refractivity contribution in [1.82, 2.24) is 0 Å². The Hall–Kier alpha value is -6.56. The number of nitrogens with zero attached hydrogens (tertiary/aromatic N) is 1. The van der Waals surface area contributed by atoms with Crippen molar-refractivity contribution in [3.8, 4) is 34.5 Å². The van der Waals surface area contributed by atoms with Crippen molar-refractivity contribution < 1.29 is 35.1 Å². The number of fused-ring (bicyclic) bond motifs is 8. The lowest BCUT2D eigenvalue weighted by molar-refractivity contribution is 0.466. The van der Waals surface area contributed by atoms with Gasteiger partial charge in [-0.05, 0) is 83.9 Å². The molecule has 11 heteroatoms. The van der Waals surface area contributed by atoms with E-state index in [1.54, 1.807) is 78.1 Å². The lowest BCUT2D eigenvalue weighted by Crippen LogP contribution is -2.18. The molecule has 9 aromatic rings. The van der Waals surface area contributed by atoms with Crippen molar-refractivity contribution in [3.63, 3.8) is 0 Å². The molecule has 10 rings (SSSR count). The third kappa shape index (κ3) is 7.16. The number of nitrogens with one attached hydrogen (secondary N) is 1. The molecule has 0 atom stereocenters. The summed E-state index contributed by atoms with van der Waals surface area (Å²) in [6, 6.07) is 33.5. The first-order valence-electron chi connectivity index (χ1n) is 16.4. The van der Waals surface area contributed by atoms with Crippen LogP contribution in [-0.2, 0) is 0 Å². The SMILES string of the molecule is Cc1cc(O)cc2c1N(C)c1cc(O)ccc1N2.Oc1ccc2c(c1)oc1c(O)cccc12.Oc1ccc2c(c1)sc1c(O)cccc12.c1ccsc1. The number of hydrogen-bond donors (Lipinski definition) is 7. The molecule has 0 radical (unpaired) electrons. The Morgan fingerprint density at radius 2 is 1.25 bits per heavy atom. The van der Waals surface area contributed by atoms with Crippen LogP contribution in [0, 0.1) is 6.92 Å². The van der Waals surface area contributed by atoms with E-state index in [9.17, 15) is 30.6 Å². The van der Waals surface area contributed by atoms with Gasteiger partial charge in [-0.25, -0.2) is 0 Å². The molecule has 4 heterocycles. The van der Waals surface area contributed by atoms with Crippen LogP contribution in [-0.4, -0.2) is 37.7 Å². The molecule has 0 fully saturated rings. The molecular weight excluding hydrogens is 709 g/mol. The Balaban J connectivity index is 0.000000116. The highest BCUT2D eigenvalue weighted by Gasteiger charge is 2.22. The molecule has 1 aliphatic rings. The van der Waals surface area contributed by atoms with Gasteiger partial charge >= 0.3 is 0 Å². The quantitative estimate of drug-likeness (QED) is 0.0753. The van der Waals surface area contributed by atoms with E-state index in [4.69, 9.17) is 4.42 Å². The summed E-state index contributed by atoms with van der Waals surface area (Å²) in [4.78, 5) is 2.01. The zero-order valence-electron chi connectivity index (χ0n) is 28.5. The average molecular weight is 743 g/mol. The van der Waals surface area contributed by atoms with Gasteiger partial charge in [-0.1, -0.05) is 36.4 Å². The lowest BCUT2D eigenvalue weighted by Gasteiger charge is -2.32. The van der Waals surface area contributed by atoms with Gasteiger partial charge in [0.1, 0.15) is 34.3 Å². The normalized spacial score (nSPS) is 11.4. The first-order valence-corrected chi connectivity index (χ1v) is 18.1. The van der Waals surface area contributed by atoms with Crippen molar-refractivity contribution in [2.24, 2.45) is 0 Å². The molecule has 3 aromatic heterocycles. The molecule has 53 heavy (non-hydrogen) atoms. The van der Waals surface area contributed by atoms with E-state index < -0.39 is 0 Å². The number of phenolic OH excluding ortho intramolecular Hbond substituents is 6. The Morgan fingerprint density at radius 3 is 1.98 bits per heavy atom. The fourth-order valence-electron chi connectivity index (χ4n) is 6.24. The highest BCUT2D eigenvalue weighted by Crippen LogP contribution is 2.47. The predicted octanol–water partition coefficient (Wildman–Crippen LogP) is 11.4. The van der Waals surface area contributed by atoms with E-state index in [1.165, 1.54) is 17.4 Å². The number of aryl methyl sites for hydroxylation is 1. The Labute approximate surface area is 311 Å². The molecule has 0 unspecified atom stereocenters. The number of thiophene rings is 2. The topological polar surface area (TPSA) is 150 Å². The van der Waals surface area contributed by atoms with Crippen molar-refractivity contribution >= 4 is 87.5 Å². The van der Waals surface area contributed by atoms with Crippen LogP contribution in [0.15, 0.2) is 130 Å². The minimum absolute atomic E-state index is 0.114. The van der Waals surface area contributed by atoms with Crippen LogP contribution < -0.4 is 10.2 Å². The molecule has 0 amide bonds. The van der Waals surface area contributed by atoms with Gasteiger partial charge in [-0.2, -0.15) is 11.3 Å². The summed E-state index contributed by atoms with van der Waals surface area (Å²) in [6.07, 6.45) is 0. The summed E-state index contributed by atoms with van der Waals surface area (Å²) in [7, 11) is 1.95. The Kier molecular flexibility index (Phi) is 9.60. The molecule has 7 N–H and O–H groups in total. The summed E-state index contributed by atoms with van der Waals surface area (Å²) in [6.45, 7) is 1.95. The number of aromatic hydroxyl groups is 6. The van der Waals surface area contributed by atoms with Crippen molar-refractivity contribution in [1.29, 1.82) is 0 Å². The monoisotopic (exact) mass is 742 g/mol. The van der Waals surface area contributed by atoms with Gasteiger partial charge in [-0.3, -0.25) is 0 Å². The molecule has 0 saturated heterocycles. The third-order valence-corrected chi connectivity index (χ3v) is 10.4. The van der Waals surface area contributed by atoms with Gasteiger partial charge in [0.15, 0.2) is 11.3 Å². The van der Waals surface area contributed by atoms with E-state index >= 15 is 0 Å². The van der Waals surface area contributed by atoms with E-state index in [2.05, 4.69) is 5.32 Å². The smallest absolute Gasteiger partial charge is 0.177 e. The number of benzene rings is 6. The predicted molar refractivity (Wildman–Crippen MR) is 216 cm³/mol. The fraction of sp³-hybridized carbons (Fsp3) is 0.0476. The van der Waals surface area contributed by atoms with E-state index in [0.717, 1.165) is 59.3 Å². The second-order valence-corrected chi connectivity index (χ2v) is 14.1. The van der Waals surface area contributed by atoms with Crippen LogP contribution in [0.5, 0.6) is 34.5 Å². The summed E-state index contributed by atoms with van der Waals surface area (Å²) >= 11 is 3.21. The number of rotatable bonds is 0. The van der Waals surface area contributed by atoms with Crippen LogP contribution in [0.25, 0.3) is 42.1 Å². The zero-order chi connectivity index (χ0) is 37.2. The van der Waals surface area contributed by atoms with Crippen molar-refractivity contribution in [2.45, 2.75) is 6.92 Å². The number of furan rings is 1. The molecule has 1 aliphatic heterocycles. The summed E-state index contributed by atoms with van der Waals surface area (Å²) in [5.41, 5.74) is 5.71. The van der Waals surface area contributed by atoms with Crippen LogP contribution in [0.2, 0.25) is 0 Å². The Bertz CT molecular complexity index is 2580. The number of hydrogen-bond acceptors (Lipinski definition) is 11. The maximum Gasteiger partial charge on any atom is 0.177 e. The Morgan fingerprint density at radius 1 is 0.585 bits per heavy atom. The van der Waals surface area contributed by atoms with Gasteiger partial charge < -0.3 is 45.3 Å². The minimum atomic E-state index is 0.114. The summed E-state index contributed by atoms with van der Waals surface area (Å²) in [5, 5.41) is 68.4. The number of anilines is 4. The second-order valence-electron chi connectivity index (χ2n) is 12.2. The van der Waals surface area contributed by atoms with Crippen LogP contribution >= 0.6 is 22.7 Å². The minimum Gasteiger partial charge on any atom is -0.508 e. The average Bonchev–Trinajstić information content (AvgIpc) is 3.90. The highest BCUT2D eigenvalue weighted by molar-refractivity contribution is 7.26. The third-order valence-electron chi connectivity index (χ3n) is 8.58. The molecule has 9 nitrogen and oxygen atoms in total. The molecule has 0 saturated carbocycles. The molecule has 6 aromatic carbocycles. The second kappa shape index (κ2) is 14.6. The molecule has 0 bridgehead atoms. The van der Waals surface area contributed by atoms with Gasteiger partial charge in [0.05, 0.1) is 27.4 Å². The summed E-state index contributed by atoms with van der Waals surface area (Å²) in [5.74, 6) is 1.31. The number of phenols is 6. The van der Waals surface area contributed by atoms with E-state index in [0.29, 0.717) is 16.9 Å². The van der Waals surface area contributed by atoms with E-state index in [-0.39, 0.29) is 28.7 Å². The lowest BCUT2D eigenvalue weighted by atomic mass is 10.1. The van der Waals surface area contributed by atoms with Crippen LogP contribution in [0.4, 0.5) is 22.7 Å².